The van der Waals surface area contributed by atoms with Crippen molar-refractivity contribution in [1.29, 1.82) is 0 Å². The van der Waals surface area contributed by atoms with Crippen LogP contribution in [-0.2, 0) is 22.3 Å². The molecule has 4 rings (SSSR count). The molecular weight excluding hydrogens is 474 g/mol. The quantitative estimate of drug-likeness (QED) is 0.452. The third kappa shape index (κ3) is 5.83. The molecule has 0 spiro atoms. The first-order valence-electron chi connectivity index (χ1n) is 12.0. The van der Waals surface area contributed by atoms with Crippen LogP contribution in [0.15, 0.2) is 24.3 Å². The normalized spacial score (nSPS) is 18.9. The van der Waals surface area contributed by atoms with Gasteiger partial charge in [0.25, 0.3) is 11.8 Å². The van der Waals surface area contributed by atoms with E-state index in [1.54, 1.807) is 13.2 Å². The first kappa shape index (κ1) is 26.0. The number of carbonyl (C=O) groups excluding carboxylic acids is 2. The number of fused-ring (bicyclic) bond motifs is 1. The Morgan fingerprint density at radius 3 is 2.75 bits per heavy atom. The first-order chi connectivity index (χ1) is 17.4. The molecule has 2 aromatic carbocycles. The molecule has 0 unspecified atom stereocenters. The summed E-state index contributed by atoms with van der Waals surface area (Å²) in [6.45, 7) is 1.62. The van der Waals surface area contributed by atoms with Crippen LogP contribution in [-0.4, -0.2) is 69.1 Å². The zero-order valence-electron chi connectivity index (χ0n) is 20.1. The Balaban J connectivity index is 1.53. The Hall–Kier alpha value is -3.08. The molecule has 2 aliphatic rings. The summed E-state index contributed by atoms with van der Waals surface area (Å²) >= 11 is 0. The summed E-state index contributed by atoms with van der Waals surface area (Å²) in [6, 6.07) is 5.15. The fourth-order valence-electron chi connectivity index (χ4n) is 4.44. The highest BCUT2D eigenvalue weighted by molar-refractivity contribution is 5.96. The van der Waals surface area contributed by atoms with Crippen molar-refractivity contribution in [1.82, 2.24) is 10.6 Å². The van der Waals surface area contributed by atoms with Gasteiger partial charge in [0.1, 0.15) is 17.4 Å². The zero-order chi connectivity index (χ0) is 25.7. The fourth-order valence-corrected chi connectivity index (χ4v) is 4.44. The molecular formula is C26H30F2N2O6. The molecule has 0 aliphatic carbocycles. The average molecular weight is 505 g/mol. The Morgan fingerprint density at radius 1 is 1.17 bits per heavy atom. The lowest BCUT2D eigenvalue weighted by Crippen LogP contribution is -2.48. The van der Waals surface area contributed by atoms with Crippen molar-refractivity contribution < 1.29 is 37.7 Å². The van der Waals surface area contributed by atoms with Gasteiger partial charge in [-0.15, -0.1) is 0 Å². The molecule has 2 heterocycles. The summed E-state index contributed by atoms with van der Waals surface area (Å²) in [5.41, 5.74) is 1.15. The van der Waals surface area contributed by atoms with Crippen LogP contribution in [0.25, 0.3) is 0 Å². The molecule has 0 aromatic heterocycles. The number of rotatable bonds is 9. The third-order valence-electron chi connectivity index (χ3n) is 6.36. The van der Waals surface area contributed by atoms with Crippen LogP contribution in [0, 0.1) is 11.6 Å². The van der Waals surface area contributed by atoms with Gasteiger partial charge in [-0.05, 0) is 42.2 Å². The predicted molar refractivity (Wildman–Crippen MR) is 126 cm³/mol. The van der Waals surface area contributed by atoms with E-state index >= 15 is 4.39 Å². The van der Waals surface area contributed by atoms with E-state index in [1.807, 2.05) is 0 Å². The van der Waals surface area contributed by atoms with Crippen molar-refractivity contribution in [3.8, 4) is 5.75 Å². The number of hydrogen-bond acceptors (Lipinski definition) is 6. The second-order valence-electron chi connectivity index (χ2n) is 8.91. The number of methoxy groups -OCH3 is 1. The van der Waals surface area contributed by atoms with E-state index in [4.69, 9.17) is 14.2 Å². The molecule has 2 amide bonds. The molecule has 1 fully saturated rings. The Morgan fingerprint density at radius 2 is 2.00 bits per heavy atom. The van der Waals surface area contributed by atoms with Crippen LogP contribution in [0.5, 0.6) is 5.75 Å². The summed E-state index contributed by atoms with van der Waals surface area (Å²) < 4.78 is 45.7. The summed E-state index contributed by atoms with van der Waals surface area (Å²) in [4.78, 5) is 25.2. The second kappa shape index (κ2) is 11.8. The SMILES string of the molecule is COCCCNC(=O)c1ccc(Cc2cc(C(=O)N[C@H]3CCOC[C@@H]3O)c(F)c3c2OCC3)cc1F. The molecule has 2 aromatic rings. The largest absolute Gasteiger partial charge is 0.493 e. The van der Waals surface area contributed by atoms with Crippen LogP contribution < -0.4 is 15.4 Å². The van der Waals surface area contributed by atoms with Gasteiger partial charge in [0.15, 0.2) is 0 Å². The minimum Gasteiger partial charge on any atom is -0.493 e. The van der Waals surface area contributed by atoms with Crippen LogP contribution in [0.4, 0.5) is 8.78 Å². The molecule has 0 saturated carbocycles. The second-order valence-corrected chi connectivity index (χ2v) is 8.91. The van der Waals surface area contributed by atoms with E-state index in [1.165, 1.54) is 18.2 Å². The standard InChI is InChI=1S/C26H30F2N2O6/c1-34-8-2-7-29-25(32)17-4-3-15(12-20(17)27)11-16-13-19(23(28)18-5-10-36-24(16)18)26(33)30-21-6-9-35-14-22(21)31/h3-4,12-13,21-22,31H,2,5-11,14H2,1H3,(H,29,32)(H,30,33)/t21-,22-/m0/s1. The molecule has 3 N–H and O–H groups in total. The number of nitrogens with one attached hydrogen (secondary N) is 2. The van der Waals surface area contributed by atoms with Gasteiger partial charge in [0.05, 0.1) is 36.5 Å². The molecule has 1 saturated heterocycles. The molecule has 2 atom stereocenters. The van der Waals surface area contributed by atoms with Crippen LogP contribution >= 0.6 is 0 Å². The number of ether oxygens (including phenoxy) is 3. The molecule has 194 valence electrons. The van der Waals surface area contributed by atoms with E-state index in [2.05, 4.69) is 10.6 Å². The van der Waals surface area contributed by atoms with Crippen LogP contribution in [0.3, 0.4) is 0 Å². The topological polar surface area (TPSA) is 106 Å². The highest BCUT2D eigenvalue weighted by Gasteiger charge is 2.30. The summed E-state index contributed by atoms with van der Waals surface area (Å²) in [7, 11) is 1.56. The number of aliphatic hydroxyl groups is 1. The Kier molecular flexibility index (Phi) is 8.50. The minimum absolute atomic E-state index is 0.0770. The highest BCUT2D eigenvalue weighted by atomic mass is 19.1. The van der Waals surface area contributed by atoms with Gasteiger partial charge in [0, 0.05) is 45.3 Å². The van der Waals surface area contributed by atoms with E-state index in [-0.39, 0.29) is 30.8 Å². The minimum atomic E-state index is -0.873. The lowest BCUT2D eigenvalue weighted by atomic mass is 9.96. The maximum absolute atomic E-state index is 15.2. The molecule has 36 heavy (non-hydrogen) atoms. The molecule has 8 nitrogen and oxygen atoms in total. The maximum atomic E-state index is 15.2. The smallest absolute Gasteiger partial charge is 0.254 e. The number of carbonyl (C=O) groups is 2. The van der Waals surface area contributed by atoms with Crippen molar-refractivity contribution in [3.63, 3.8) is 0 Å². The molecule has 10 heteroatoms. The first-order valence-corrected chi connectivity index (χ1v) is 12.0. The summed E-state index contributed by atoms with van der Waals surface area (Å²) in [5, 5.41) is 15.4. The molecule has 0 bridgehead atoms. The molecule has 2 aliphatic heterocycles. The van der Waals surface area contributed by atoms with E-state index < -0.39 is 35.6 Å². The number of benzene rings is 2. The highest BCUT2D eigenvalue weighted by Crippen LogP contribution is 2.35. The van der Waals surface area contributed by atoms with Crippen molar-refractivity contribution in [2.75, 3.05) is 40.1 Å². The average Bonchev–Trinajstić information content (AvgIpc) is 3.36. The van der Waals surface area contributed by atoms with Crippen molar-refractivity contribution in [3.05, 3.63) is 63.7 Å². The number of amides is 2. The van der Waals surface area contributed by atoms with Gasteiger partial charge < -0.3 is 30.0 Å². The number of aliphatic hydroxyl groups excluding tert-OH is 1. The number of halogens is 2. The fraction of sp³-hybridized carbons (Fsp3) is 0.462. The van der Waals surface area contributed by atoms with Crippen LogP contribution in [0.1, 0.15) is 50.2 Å². The third-order valence-corrected chi connectivity index (χ3v) is 6.36. The van der Waals surface area contributed by atoms with E-state index in [0.717, 1.165) is 0 Å². The number of hydrogen-bond donors (Lipinski definition) is 3. The van der Waals surface area contributed by atoms with Gasteiger partial charge >= 0.3 is 0 Å². The van der Waals surface area contributed by atoms with Gasteiger partial charge in [-0.25, -0.2) is 8.78 Å². The summed E-state index contributed by atoms with van der Waals surface area (Å²) in [5.74, 6) is -2.13. The maximum Gasteiger partial charge on any atom is 0.254 e. The monoisotopic (exact) mass is 504 g/mol. The summed E-state index contributed by atoms with van der Waals surface area (Å²) in [6.07, 6.45) is 0.644. The Labute approximate surface area is 207 Å². The van der Waals surface area contributed by atoms with E-state index in [0.29, 0.717) is 61.5 Å². The Bertz CT molecular complexity index is 1130. The predicted octanol–water partition coefficient (Wildman–Crippen LogP) is 2.14. The lowest BCUT2D eigenvalue weighted by molar-refractivity contribution is -0.0261. The van der Waals surface area contributed by atoms with E-state index in [9.17, 15) is 19.1 Å². The lowest BCUT2D eigenvalue weighted by Gasteiger charge is -2.28. The van der Waals surface area contributed by atoms with Crippen molar-refractivity contribution in [2.45, 2.75) is 37.8 Å². The zero-order valence-corrected chi connectivity index (χ0v) is 20.1. The van der Waals surface area contributed by atoms with Gasteiger partial charge in [-0.3, -0.25) is 9.59 Å². The molecule has 0 radical (unpaired) electrons. The van der Waals surface area contributed by atoms with Crippen LogP contribution in [0.2, 0.25) is 0 Å². The van der Waals surface area contributed by atoms with Gasteiger partial charge in [0.2, 0.25) is 0 Å². The van der Waals surface area contributed by atoms with Crippen molar-refractivity contribution in [2.24, 2.45) is 0 Å². The van der Waals surface area contributed by atoms with Gasteiger partial charge in [-0.1, -0.05) is 6.07 Å². The van der Waals surface area contributed by atoms with Crippen molar-refractivity contribution >= 4 is 11.8 Å². The van der Waals surface area contributed by atoms with Gasteiger partial charge in [-0.2, -0.15) is 0 Å².